The molecule has 4 aromatic rings. The molecule has 0 aliphatic carbocycles. The van der Waals surface area contributed by atoms with E-state index < -0.39 is 52.9 Å². The molecule has 0 unspecified atom stereocenters. The van der Waals surface area contributed by atoms with Gasteiger partial charge >= 0.3 is 23.9 Å². The van der Waals surface area contributed by atoms with Crippen LogP contribution in [-0.4, -0.2) is 177 Å². The number of piperazine rings is 2. The van der Waals surface area contributed by atoms with Crippen LogP contribution in [0.3, 0.4) is 0 Å². The average molecular weight is 1290 g/mol. The summed E-state index contributed by atoms with van der Waals surface area (Å²) in [7, 11) is 0. The minimum atomic E-state index is -1.14. The number of benzene rings is 4. The highest BCUT2D eigenvalue weighted by Gasteiger charge is 2.21. The van der Waals surface area contributed by atoms with Gasteiger partial charge in [0.15, 0.2) is 46.3 Å². The van der Waals surface area contributed by atoms with E-state index in [1.54, 1.807) is 20.8 Å². The minimum absolute atomic E-state index is 0.0681. The highest BCUT2D eigenvalue weighted by Crippen LogP contribution is 2.24. The number of carbonyl (C=O) groups is 4. The number of aromatic hydroxyl groups is 1. The van der Waals surface area contributed by atoms with Crippen LogP contribution >= 0.6 is 15.9 Å². The van der Waals surface area contributed by atoms with E-state index in [-0.39, 0.29) is 59.3 Å². The van der Waals surface area contributed by atoms with Gasteiger partial charge in [0.1, 0.15) is 0 Å². The average Bonchev–Trinajstić information content (AvgIpc) is 3.69. The maximum Gasteiger partial charge on any atom is 0.338 e. The largest absolute Gasteiger partial charge is 0.505 e. The molecule has 2 saturated heterocycles. The standard InChI is InChI=1S/C23H37FN2O3.C21H33FN2O3.C13H16BrFO3.C9H9FO3/c1-5-28-22(27)19-8-9-21(20(24)18-19)29-17-7-6-11-25-13-15-26(16-14-25)12-10-23(2,3)4;1-21(2,3)8-10-24-13-11-23(12-14-24)9-4-5-15-27-19-7-6-17(20(25)26)16-18(19)22;1-2-17-13(16)10-5-6-12(11(15)9-10)18-8-4-3-7-14;1-2-13-9(12)6-3-4-8(11)7(10)5-6/h8-9,18H,5-7,10-17H2,1-4H3;6-7,16H,4-5,8-15H2,1-3H3,(H,25,26);5-6,9H,2-4,7-8H2,1H3;3-5,11H,2H2,1H3. The van der Waals surface area contributed by atoms with Crippen LogP contribution in [0.1, 0.15) is 155 Å². The Hall–Kier alpha value is -6.00. The van der Waals surface area contributed by atoms with Crippen molar-refractivity contribution in [3.05, 3.63) is 118 Å². The lowest BCUT2D eigenvalue weighted by Gasteiger charge is -2.36. The van der Waals surface area contributed by atoms with Crippen LogP contribution in [-0.2, 0) is 14.2 Å². The number of ether oxygens (including phenoxy) is 6. The highest BCUT2D eigenvalue weighted by atomic mass is 79.9. The Bertz CT molecular complexity index is 2680. The molecular weight excluding hydrogens is 1200 g/mol. The molecule has 2 N–H and O–H groups in total. The number of unbranched alkanes of at least 4 members (excludes halogenated alkanes) is 3. The molecule has 2 heterocycles. The van der Waals surface area contributed by atoms with Crippen LogP contribution in [0.2, 0.25) is 0 Å². The number of alkyl halides is 1. The molecule has 0 radical (unpaired) electrons. The smallest absolute Gasteiger partial charge is 0.338 e. The number of hydrogen-bond acceptors (Lipinski definition) is 15. The molecule has 0 aromatic heterocycles. The topological polar surface area (TPSA) is 177 Å². The van der Waals surface area contributed by atoms with Crippen LogP contribution in [0.5, 0.6) is 23.0 Å². The number of rotatable bonds is 28. The van der Waals surface area contributed by atoms with E-state index in [0.29, 0.717) is 30.7 Å². The lowest BCUT2D eigenvalue weighted by molar-refractivity contribution is 0.0516. The second kappa shape index (κ2) is 40.5. The van der Waals surface area contributed by atoms with Gasteiger partial charge < -0.3 is 58.2 Å². The highest BCUT2D eigenvalue weighted by molar-refractivity contribution is 9.09. The van der Waals surface area contributed by atoms with Gasteiger partial charge in [0.25, 0.3) is 0 Å². The number of carboxylic acids is 1. The fraction of sp³-hybridized carbons (Fsp3) is 0.576. The van der Waals surface area contributed by atoms with Gasteiger partial charge in [-0.25, -0.2) is 36.7 Å². The number of phenolic OH excluding ortho intramolecular Hbond substituents is 1. The van der Waals surface area contributed by atoms with Crippen molar-refractivity contribution < 1.29 is 75.4 Å². The second-order valence-corrected chi connectivity index (χ2v) is 24.2. The Morgan fingerprint density at radius 1 is 0.448 bits per heavy atom. The summed E-state index contributed by atoms with van der Waals surface area (Å²) in [5.74, 6) is -5.31. The number of halogens is 5. The third-order valence-electron chi connectivity index (χ3n) is 13.8. The zero-order valence-electron chi connectivity index (χ0n) is 52.7. The number of esters is 3. The Balaban J connectivity index is 0.000000316. The minimum Gasteiger partial charge on any atom is -0.505 e. The molecule has 0 spiro atoms. The number of hydrogen-bond donors (Lipinski definition) is 2. The Kier molecular flexibility index (Phi) is 35.0. The van der Waals surface area contributed by atoms with Crippen molar-refractivity contribution in [1.82, 2.24) is 19.6 Å². The maximum absolute atomic E-state index is 14.1. The quantitative estimate of drug-likeness (QED) is 0.0180. The van der Waals surface area contributed by atoms with Gasteiger partial charge in [-0.3, -0.25) is 0 Å². The lowest BCUT2D eigenvalue weighted by Crippen LogP contribution is -2.47. The van der Waals surface area contributed by atoms with Crippen LogP contribution in [0.4, 0.5) is 17.6 Å². The number of carbonyl (C=O) groups excluding carboxylic acids is 3. The molecule has 87 heavy (non-hydrogen) atoms. The number of carboxylic acid groups (broad SMARTS) is 1. The Morgan fingerprint density at radius 2 is 0.747 bits per heavy atom. The van der Waals surface area contributed by atoms with Crippen LogP contribution < -0.4 is 14.2 Å². The summed E-state index contributed by atoms with van der Waals surface area (Å²) in [4.78, 5) is 54.9. The van der Waals surface area contributed by atoms with Gasteiger partial charge in [0.2, 0.25) is 0 Å². The summed E-state index contributed by atoms with van der Waals surface area (Å²) < 4.78 is 84.8. The van der Waals surface area contributed by atoms with Crippen molar-refractivity contribution in [3.63, 3.8) is 0 Å². The predicted molar refractivity (Wildman–Crippen MR) is 334 cm³/mol. The van der Waals surface area contributed by atoms with E-state index in [4.69, 9.17) is 33.9 Å². The van der Waals surface area contributed by atoms with Crippen LogP contribution in [0.15, 0.2) is 72.8 Å². The third-order valence-corrected chi connectivity index (χ3v) is 14.4. The fourth-order valence-corrected chi connectivity index (χ4v) is 8.99. The van der Waals surface area contributed by atoms with Crippen molar-refractivity contribution >= 4 is 39.8 Å². The summed E-state index contributed by atoms with van der Waals surface area (Å²) in [5, 5.41) is 18.6. The Labute approximate surface area is 521 Å². The Morgan fingerprint density at radius 3 is 1.05 bits per heavy atom. The predicted octanol–water partition coefficient (Wildman–Crippen LogP) is 13.2. The third kappa shape index (κ3) is 31.2. The molecule has 16 nitrogen and oxygen atoms in total. The molecule has 2 fully saturated rings. The van der Waals surface area contributed by atoms with Gasteiger partial charge in [-0.15, -0.1) is 0 Å². The summed E-state index contributed by atoms with van der Waals surface area (Å²) >= 11 is 3.31. The first-order valence-electron chi connectivity index (χ1n) is 30.3. The normalized spacial score (nSPS) is 14.0. The van der Waals surface area contributed by atoms with Gasteiger partial charge in [-0.1, -0.05) is 57.5 Å². The molecule has 0 saturated carbocycles. The molecule has 0 atom stereocenters. The molecular formula is C66H95BrF4N4O12. The zero-order valence-corrected chi connectivity index (χ0v) is 54.3. The van der Waals surface area contributed by atoms with E-state index in [2.05, 4.69) is 81.8 Å². The van der Waals surface area contributed by atoms with Crippen LogP contribution in [0.25, 0.3) is 0 Å². The lowest BCUT2D eigenvalue weighted by atomic mass is 9.92. The molecule has 0 bridgehead atoms. The molecule has 2 aliphatic heterocycles. The fourth-order valence-electron chi connectivity index (χ4n) is 8.60. The van der Waals surface area contributed by atoms with Gasteiger partial charge in [0, 0.05) is 57.7 Å². The van der Waals surface area contributed by atoms with Gasteiger partial charge in [-0.2, -0.15) is 0 Å². The van der Waals surface area contributed by atoms with E-state index in [1.807, 2.05) is 0 Å². The van der Waals surface area contributed by atoms with E-state index in [1.165, 1.54) is 74.5 Å². The first kappa shape index (κ1) is 75.3. The van der Waals surface area contributed by atoms with Crippen molar-refractivity contribution in [2.24, 2.45) is 10.8 Å². The van der Waals surface area contributed by atoms with Crippen molar-refractivity contribution in [1.29, 1.82) is 0 Å². The molecule has 21 heteroatoms. The van der Waals surface area contributed by atoms with Crippen LogP contribution in [0, 0.1) is 34.1 Å². The van der Waals surface area contributed by atoms with E-state index in [9.17, 15) is 36.7 Å². The molecule has 6 rings (SSSR count). The summed E-state index contributed by atoms with van der Waals surface area (Å²) in [6, 6.07) is 15.4. The zero-order chi connectivity index (χ0) is 64.4. The summed E-state index contributed by atoms with van der Waals surface area (Å²) in [6.07, 6.45) is 8.07. The summed E-state index contributed by atoms with van der Waals surface area (Å²) in [6.45, 7) is 34.5. The molecule has 486 valence electrons. The van der Waals surface area contributed by atoms with Gasteiger partial charge in [-0.05, 0) is 182 Å². The van der Waals surface area contributed by atoms with E-state index >= 15 is 0 Å². The number of phenols is 1. The number of aromatic carboxylic acids is 1. The first-order chi connectivity index (χ1) is 41.4. The molecule has 4 aromatic carbocycles. The van der Waals surface area contributed by atoms with Crippen molar-refractivity contribution in [3.8, 4) is 23.0 Å². The maximum atomic E-state index is 14.1. The van der Waals surface area contributed by atoms with Gasteiger partial charge in [0.05, 0.1) is 61.9 Å². The molecule has 0 amide bonds. The van der Waals surface area contributed by atoms with Crippen molar-refractivity contribution in [2.45, 2.75) is 114 Å². The molecule has 2 aliphatic rings. The first-order valence-corrected chi connectivity index (χ1v) is 31.4. The van der Waals surface area contributed by atoms with E-state index in [0.717, 1.165) is 134 Å². The van der Waals surface area contributed by atoms with Crippen molar-refractivity contribution in [2.75, 3.05) is 124 Å². The SMILES string of the molecule is CC(C)(C)CCN1CCN(CCCCOc2ccc(C(=O)O)cc2F)CC1.CCOC(=O)c1ccc(O)c(F)c1.CCOC(=O)c1ccc(OCCCCBr)c(F)c1.CCOC(=O)c1ccc(OCCCCN2CCN(CCC(C)(C)C)CC2)c(F)c1. The number of nitrogens with zero attached hydrogens (tertiary/aromatic N) is 4. The monoisotopic (exact) mass is 1290 g/mol. The summed E-state index contributed by atoms with van der Waals surface area (Å²) in [5.41, 5.74) is 1.22. The second-order valence-electron chi connectivity index (χ2n) is 23.4.